The summed E-state index contributed by atoms with van der Waals surface area (Å²) in [6.45, 7) is 1.52. The Morgan fingerprint density at radius 2 is 2.25 bits per heavy atom. The fourth-order valence-corrected chi connectivity index (χ4v) is 1.49. The number of hydrogen-bond acceptors (Lipinski definition) is 6. The summed E-state index contributed by atoms with van der Waals surface area (Å²) in [6.07, 6.45) is -0.664. The van der Waals surface area contributed by atoms with Crippen LogP contribution in [0, 0.1) is 0 Å². The van der Waals surface area contributed by atoms with Crippen LogP contribution >= 0.6 is 0 Å². The van der Waals surface area contributed by atoms with Gasteiger partial charge < -0.3 is 14.2 Å². The fourth-order valence-electron chi connectivity index (χ4n) is 1.49. The number of carbonyl (C=O) groups excluding carboxylic acids is 3. The zero-order valence-corrected chi connectivity index (χ0v) is 8.67. The highest BCUT2D eigenvalue weighted by atomic mass is 16.8. The van der Waals surface area contributed by atoms with Crippen LogP contribution in [0.15, 0.2) is 0 Å². The predicted octanol–water partition coefficient (Wildman–Crippen LogP) is -0.00910. The SMILES string of the molecule is CC(=O)OC(=O)CCCN1C(=O)OC2OC21. The Kier molecular flexibility index (Phi) is 2.78. The average Bonchev–Trinajstić information content (AvgIpc) is 2.84. The van der Waals surface area contributed by atoms with E-state index in [4.69, 9.17) is 9.47 Å². The van der Waals surface area contributed by atoms with Crippen LogP contribution in [0.4, 0.5) is 4.79 Å². The van der Waals surface area contributed by atoms with Gasteiger partial charge >= 0.3 is 18.0 Å². The van der Waals surface area contributed by atoms with Gasteiger partial charge in [0.05, 0.1) is 0 Å². The van der Waals surface area contributed by atoms with Crippen LogP contribution in [0.3, 0.4) is 0 Å². The molecule has 1 amide bonds. The van der Waals surface area contributed by atoms with Crippen LogP contribution in [0.25, 0.3) is 0 Å². The molecule has 2 aliphatic heterocycles. The molecule has 0 saturated carbocycles. The highest BCUT2D eigenvalue weighted by Gasteiger charge is 2.56. The molecule has 2 fully saturated rings. The molecule has 0 aromatic carbocycles. The van der Waals surface area contributed by atoms with Gasteiger partial charge in [0.1, 0.15) is 0 Å². The number of esters is 2. The third kappa shape index (κ3) is 2.30. The monoisotopic (exact) mass is 229 g/mol. The molecule has 0 aromatic heterocycles. The van der Waals surface area contributed by atoms with Gasteiger partial charge in [-0.15, -0.1) is 0 Å². The third-order valence-corrected chi connectivity index (χ3v) is 2.23. The van der Waals surface area contributed by atoms with Gasteiger partial charge in [-0.2, -0.15) is 0 Å². The summed E-state index contributed by atoms with van der Waals surface area (Å²) >= 11 is 0. The Bertz CT molecular complexity index is 341. The summed E-state index contributed by atoms with van der Waals surface area (Å²) in [7, 11) is 0. The van der Waals surface area contributed by atoms with Crippen LogP contribution in [0.5, 0.6) is 0 Å². The first-order valence-corrected chi connectivity index (χ1v) is 4.92. The number of rotatable bonds is 4. The summed E-state index contributed by atoms with van der Waals surface area (Å²) < 4.78 is 14.1. The summed E-state index contributed by atoms with van der Waals surface area (Å²) in [5, 5.41) is 0. The molecule has 0 aliphatic carbocycles. The van der Waals surface area contributed by atoms with Crippen molar-refractivity contribution in [2.75, 3.05) is 6.54 Å². The Morgan fingerprint density at radius 1 is 1.50 bits per heavy atom. The summed E-state index contributed by atoms with van der Waals surface area (Å²) in [5.74, 6) is -1.22. The van der Waals surface area contributed by atoms with E-state index in [0.29, 0.717) is 13.0 Å². The minimum absolute atomic E-state index is 0.0841. The third-order valence-electron chi connectivity index (χ3n) is 2.23. The highest BCUT2D eigenvalue weighted by Crippen LogP contribution is 2.34. The molecule has 2 aliphatic rings. The molecule has 16 heavy (non-hydrogen) atoms. The number of ether oxygens (including phenoxy) is 3. The molecule has 2 saturated heterocycles. The van der Waals surface area contributed by atoms with Crippen molar-refractivity contribution in [3.8, 4) is 0 Å². The first-order chi connectivity index (χ1) is 7.58. The summed E-state index contributed by atoms with van der Waals surface area (Å²) in [6, 6.07) is 0. The van der Waals surface area contributed by atoms with Crippen molar-refractivity contribution in [2.24, 2.45) is 0 Å². The number of amides is 1. The van der Waals surface area contributed by atoms with Crippen molar-refractivity contribution in [1.82, 2.24) is 4.90 Å². The van der Waals surface area contributed by atoms with Gasteiger partial charge in [0.25, 0.3) is 6.29 Å². The number of nitrogens with zero attached hydrogens (tertiary/aromatic N) is 1. The molecule has 0 radical (unpaired) electrons. The lowest BCUT2D eigenvalue weighted by atomic mass is 10.3. The maximum Gasteiger partial charge on any atom is 0.414 e. The quantitative estimate of drug-likeness (QED) is 0.383. The van der Waals surface area contributed by atoms with Gasteiger partial charge in [-0.1, -0.05) is 0 Å². The summed E-state index contributed by atoms with van der Waals surface area (Å²) in [4.78, 5) is 34.0. The molecule has 2 rings (SSSR count). The van der Waals surface area contributed by atoms with Gasteiger partial charge in [-0.25, -0.2) is 4.79 Å². The predicted molar refractivity (Wildman–Crippen MR) is 47.9 cm³/mol. The lowest BCUT2D eigenvalue weighted by Gasteiger charge is -2.13. The van der Waals surface area contributed by atoms with E-state index in [1.807, 2.05) is 0 Å². The molecular formula is C9H11NO6. The lowest BCUT2D eigenvalue weighted by molar-refractivity contribution is -0.158. The molecule has 2 atom stereocenters. The minimum Gasteiger partial charge on any atom is -0.414 e. The zero-order valence-electron chi connectivity index (χ0n) is 8.67. The van der Waals surface area contributed by atoms with Gasteiger partial charge in [-0.05, 0) is 6.42 Å². The first kappa shape index (κ1) is 10.9. The maximum absolute atomic E-state index is 11.1. The number of hydrogen-bond donors (Lipinski definition) is 0. The molecule has 0 spiro atoms. The average molecular weight is 229 g/mol. The van der Waals surface area contributed by atoms with Crippen LogP contribution < -0.4 is 0 Å². The molecule has 0 aromatic rings. The van der Waals surface area contributed by atoms with Crippen molar-refractivity contribution < 1.29 is 28.6 Å². The molecule has 0 N–H and O–H groups in total. The molecule has 88 valence electrons. The second-order valence-electron chi connectivity index (χ2n) is 3.54. The van der Waals surface area contributed by atoms with Crippen LogP contribution in [0.1, 0.15) is 19.8 Å². The van der Waals surface area contributed by atoms with Crippen LogP contribution in [-0.2, 0) is 23.8 Å². The lowest BCUT2D eigenvalue weighted by Crippen LogP contribution is -2.30. The van der Waals surface area contributed by atoms with Crippen LogP contribution in [-0.4, -0.2) is 42.0 Å². The van der Waals surface area contributed by atoms with Crippen molar-refractivity contribution >= 4 is 18.0 Å². The Morgan fingerprint density at radius 3 is 2.81 bits per heavy atom. The van der Waals surface area contributed by atoms with E-state index in [0.717, 1.165) is 0 Å². The van der Waals surface area contributed by atoms with Crippen molar-refractivity contribution in [1.29, 1.82) is 0 Å². The minimum atomic E-state index is -0.629. The standard InChI is InChI=1S/C9H11NO6/c1-5(11)14-6(12)3-2-4-10-7-8(15-7)16-9(10)13/h7-8H,2-4H2,1H3. The molecular weight excluding hydrogens is 218 g/mol. The second kappa shape index (κ2) is 4.09. The second-order valence-corrected chi connectivity index (χ2v) is 3.54. The topological polar surface area (TPSA) is 85.4 Å². The van der Waals surface area contributed by atoms with E-state index < -0.39 is 24.3 Å². The van der Waals surface area contributed by atoms with Gasteiger partial charge in [-0.3, -0.25) is 14.5 Å². The van der Waals surface area contributed by atoms with Crippen molar-refractivity contribution in [2.45, 2.75) is 32.3 Å². The van der Waals surface area contributed by atoms with Gasteiger partial charge in [0.2, 0.25) is 6.23 Å². The molecule has 7 nitrogen and oxygen atoms in total. The van der Waals surface area contributed by atoms with Crippen molar-refractivity contribution in [3.63, 3.8) is 0 Å². The number of fused-ring (bicyclic) bond motifs is 1. The molecule has 7 heteroatoms. The number of carbonyl (C=O) groups is 3. The van der Waals surface area contributed by atoms with E-state index in [-0.39, 0.29) is 12.6 Å². The Labute approximate surface area is 91.2 Å². The van der Waals surface area contributed by atoms with E-state index in [2.05, 4.69) is 4.74 Å². The Balaban J connectivity index is 1.66. The summed E-state index contributed by atoms with van der Waals surface area (Å²) in [5.41, 5.74) is 0. The smallest absolute Gasteiger partial charge is 0.414 e. The fraction of sp³-hybridized carbons (Fsp3) is 0.667. The van der Waals surface area contributed by atoms with Crippen LogP contribution in [0.2, 0.25) is 0 Å². The van der Waals surface area contributed by atoms with E-state index in [1.165, 1.54) is 11.8 Å². The first-order valence-electron chi connectivity index (χ1n) is 4.92. The van der Waals surface area contributed by atoms with E-state index in [9.17, 15) is 14.4 Å². The van der Waals surface area contributed by atoms with Crippen molar-refractivity contribution in [3.05, 3.63) is 0 Å². The van der Waals surface area contributed by atoms with Gasteiger partial charge in [0.15, 0.2) is 0 Å². The van der Waals surface area contributed by atoms with E-state index in [1.54, 1.807) is 0 Å². The Hall–Kier alpha value is -1.63. The largest absolute Gasteiger partial charge is 0.414 e. The normalized spacial score (nSPS) is 26.1. The zero-order chi connectivity index (χ0) is 11.7. The molecule has 2 unspecified atom stereocenters. The van der Waals surface area contributed by atoms with Gasteiger partial charge in [0, 0.05) is 19.9 Å². The number of epoxide rings is 1. The molecule has 0 bridgehead atoms. The maximum atomic E-state index is 11.1. The highest BCUT2D eigenvalue weighted by molar-refractivity contribution is 5.84. The van der Waals surface area contributed by atoms with E-state index >= 15 is 0 Å². The molecule has 2 heterocycles.